The number of hydrogen-bond acceptors (Lipinski definition) is 6. The van der Waals surface area contributed by atoms with Gasteiger partial charge in [-0.25, -0.2) is 15.0 Å². The van der Waals surface area contributed by atoms with E-state index in [2.05, 4.69) is 48.7 Å². The predicted molar refractivity (Wildman–Crippen MR) is 155 cm³/mol. The third kappa shape index (κ3) is 6.82. The van der Waals surface area contributed by atoms with Crippen molar-refractivity contribution in [2.45, 2.75) is 71.7 Å². The smallest absolute Gasteiger partial charge is 0.239 e. The molecule has 0 N–H and O–H groups in total. The van der Waals surface area contributed by atoms with Crippen LogP contribution < -0.4 is 9.64 Å². The molecule has 0 amide bonds. The molecule has 37 heavy (non-hydrogen) atoms. The van der Waals surface area contributed by atoms with Crippen molar-refractivity contribution in [2.75, 3.05) is 18.0 Å². The molecule has 0 spiro atoms. The Bertz CT molecular complexity index is 1220. The van der Waals surface area contributed by atoms with Gasteiger partial charge in [-0.3, -0.25) is 0 Å². The highest BCUT2D eigenvalue weighted by Crippen LogP contribution is 2.38. The number of nitrogens with zero attached hydrogens (tertiary/aromatic N) is 4. The van der Waals surface area contributed by atoms with Gasteiger partial charge in [0, 0.05) is 34.3 Å². The van der Waals surface area contributed by atoms with Crippen molar-refractivity contribution >= 4 is 37.3 Å². The minimum Gasteiger partial charge on any atom is -0.419 e. The van der Waals surface area contributed by atoms with Crippen molar-refractivity contribution in [3.05, 3.63) is 57.8 Å². The van der Waals surface area contributed by atoms with Crippen LogP contribution in [0.5, 0.6) is 11.8 Å². The van der Waals surface area contributed by atoms with Gasteiger partial charge in [0.05, 0.1) is 24.7 Å². The van der Waals surface area contributed by atoms with E-state index < -0.39 is 8.32 Å². The van der Waals surface area contributed by atoms with Crippen molar-refractivity contribution in [3.8, 4) is 23.0 Å². The number of hydrogen-bond donors (Lipinski definition) is 0. The summed E-state index contributed by atoms with van der Waals surface area (Å²) in [5.74, 6) is 1.74. The summed E-state index contributed by atoms with van der Waals surface area (Å²) in [4.78, 5) is 16.2. The first-order valence-electron chi connectivity index (χ1n) is 12.8. The van der Waals surface area contributed by atoms with E-state index in [0.717, 1.165) is 35.6 Å². The van der Waals surface area contributed by atoms with Gasteiger partial charge in [-0.05, 0) is 74.1 Å². The van der Waals surface area contributed by atoms with Crippen LogP contribution >= 0.6 is 23.2 Å². The van der Waals surface area contributed by atoms with Crippen molar-refractivity contribution in [3.63, 3.8) is 0 Å². The molecule has 1 aromatic carbocycles. The van der Waals surface area contributed by atoms with E-state index in [9.17, 15) is 0 Å². The largest absolute Gasteiger partial charge is 0.419 e. The zero-order valence-electron chi connectivity index (χ0n) is 22.6. The summed E-state index contributed by atoms with van der Waals surface area (Å²) in [5.41, 5.74) is 3.41. The van der Waals surface area contributed by atoms with Crippen LogP contribution in [0.1, 0.15) is 51.2 Å². The van der Waals surface area contributed by atoms with Crippen molar-refractivity contribution < 1.29 is 9.16 Å². The molecular formula is C28H36Cl2N4O2Si. The third-order valence-corrected chi connectivity index (χ3v) is 12.3. The molecular weight excluding hydrogens is 523 g/mol. The van der Waals surface area contributed by atoms with E-state index in [1.54, 1.807) is 18.5 Å². The van der Waals surface area contributed by atoms with Crippen LogP contribution in [-0.2, 0) is 11.0 Å². The minimum atomic E-state index is -1.97. The Kier molecular flexibility index (Phi) is 8.48. The second-order valence-corrected chi connectivity index (χ2v) is 16.8. The lowest BCUT2D eigenvalue weighted by atomic mass is 10.1. The molecule has 0 unspecified atom stereocenters. The Balaban J connectivity index is 1.66. The maximum absolute atomic E-state index is 6.56. The fraction of sp³-hybridized carbons (Fsp3) is 0.464. The highest BCUT2D eigenvalue weighted by Gasteiger charge is 2.37. The number of piperidine rings is 1. The fourth-order valence-electron chi connectivity index (χ4n) is 3.96. The van der Waals surface area contributed by atoms with Crippen molar-refractivity contribution in [2.24, 2.45) is 0 Å². The standard InChI is InChI=1S/C28H36Cl2N4O2Si/c1-19-21(18-35-37(5,6)28(2,3)4)14-24(20-12-22(29)15-23(30)13-20)33-27(19)36-26-17-31-25(16-32-26)34-10-8-7-9-11-34/h12-17H,7-11,18H2,1-6H3. The molecule has 0 aliphatic carbocycles. The second-order valence-electron chi connectivity index (χ2n) is 11.2. The van der Waals surface area contributed by atoms with Crippen LogP contribution in [0.2, 0.25) is 28.2 Å². The minimum absolute atomic E-state index is 0.0995. The van der Waals surface area contributed by atoms with Crippen LogP contribution in [0.25, 0.3) is 11.3 Å². The molecule has 3 aromatic rings. The van der Waals surface area contributed by atoms with Gasteiger partial charge >= 0.3 is 0 Å². The van der Waals surface area contributed by atoms with Crippen LogP contribution in [0, 0.1) is 6.92 Å². The molecule has 0 radical (unpaired) electrons. The summed E-state index contributed by atoms with van der Waals surface area (Å²) in [7, 11) is -1.97. The van der Waals surface area contributed by atoms with Gasteiger partial charge in [-0.2, -0.15) is 0 Å². The molecule has 1 aliphatic heterocycles. The van der Waals surface area contributed by atoms with E-state index in [1.807, 2.05) is 25.1 Å². The Morgan fingerprint density at radius 1 is 0.946 bits per heavy atom. The zero-order chi connectivity index (χ0) is 26.8. The lowest BCUT2D eigenvalue weighted by Gasteiger charge is -2.36. The number of anilines is 1. The molecule has 3 heterocycles. The quantitative estimate of drug-likeness (QED) is 0.271. The van der Waals surface area contributed by atoms with E-state index in [-0.39, 0.29) is 5.04 Å². The van der Waals surface area contributed by atoms with Crippen LogP contribution in [-0.4, -0.2) is 36.4 Å². The summed E-state index contributed by atoms with van der Waals surface area (Å²) < 4.78 is 12.8. The van der Waals surface area contributed by atoms with E-state index in [0.29, 0.717) is 34.1 Å². The van der Waals surface area contributed by atoms with Crippen LogP contribution in [0.15, 0.2) is 36.7 Å². The topological polar surface area (TPSA) is 60.4 Å². The molecule has 6 nitrogen and oxygen atoms in total. The SMILES string of the molecule is Cc1c(CO[Si](C)(C)C(C)(C)C)cc(-c2cc(Cl)cc(Cl)c2)nc1Oc1cnc(N2CCCCC2)cn1. The predicted octanol–water partition coefficient (Wildman–Crippen LogP) is 8.46. The van der Waals surface area contributed by atoms with Gasteiger partial charge in [-0.1, -0.05) is 44.0 Å². The van der Waals surface area contributed by atoms with E-state index in [4.69, 9.17) is 37.3 Å². The van der Waals surface area contributed by atoms with Gasteiger partial charge in [0.25, 0.3) is 0 Å². The van der Waals surface area contributed by atoms with Gasteiger partial charge in [0.2, 0.25) is 11.8 Å². The van der Waals surface area contributed by atoms with E-state index >= 15 is 0 Å². The summed E-state index contributed by atoms with van der Waals surface area (Å²) in [6.45, 7) is 15.7. The van der Waals surface area contributed by atoms with E-state index in [1.165, 1.54) is 19.3 Å². The lowest BCUT2D eigenvalue weighted by Crippen LogP contribution is -2.40. The molecule has 1 saturated heterocycles. The number of ether oxygens (including phenoxy) is 1. The summed E-state index contributed by atoms with van der Waals surface area (Å²) in [5, 5.41) is 1.19. The molecule has 4 rings (SSSR count). The first-order valence-corrected chi connectivity index (χ1v) is 16.5. The normalized spacial score (nSPS) is 14.6. The molecule has 2 aromatic heterocycles. The summed E-state index contributed by atoms with van der Waals surface area (Å²) in [6.07, 6.45) is 7.08. The van der Waals surface area contributed by atoms with Gasteiger partial charge in [-0.15, -0.1) is 0 Å². The number of rotatable bonds is 7. The Morgan fingerprint density at radius 3 is 2.22 bits per heavy atom. The number of pyridine rings is 1. The third-order valence-electron chi connectivity index (χ3n) is 7.38. The Hall–Kier alpha value is -2.19. The number of benzene rings is 1. The molecule has 0 bridgehead atoms. The maximum atomic E-state index is 6.56. The number of aromatic nitrogens is 3. The van der Waals surface area contributed by atoms with Crippen LogP contribution in [0.4, 0.5) is 5.82 Å². The summed E-state index contributed by atoms with van der Waals surface area (Å²) in [6, 6.07) is 7.43. The van der Waals surface area contributed by atoms with Crippen molar-refractivity contribution in [1.29, 1.82) is 0 Å². The molecule has 1 aliphatic rings. The lowest BCUT2D eigenvalue weighted by molar-refractivity contribution is 0.275. The van der Waals surface area contributed by atoms with Gasteiger partial charge in [0.1, 0.15) is 5.82 Å². The van der Waals surface area contributed by atoms with Crippen LogP contribution in [0.3, 0.4) is 0 Å². The fourth-order valence-corrected chi connectivity index (χ4v) is 5.43. The van der Waals surface area contributed by atoms with Gasteiger partial charge in [0.15, 0.2) is 8.32 Å². The average molecular weight is 560 g/mol. The maximum Gasteiger partial charge on any atom is 0.239 e. The average Bonchev–Trinajstić information content (AvgIpc) is 2.84. The number of halogens is 2. The second kappa shape index (κ2) is 11.3. The molecule has 198 valence electrons. The Morgan fingerprint density at radius 2 is 1.62 bits per heavy atom. The Labute approximate surface area is 231 Å². The summed E-state index contributed by atoms with van der Waals surface area (Å²) >= 11 is 12.6. The monoisotopic (exact) mass is 558 g/mol. The van der Waals surface area contributed by atoms with Crippen molar-refractivity contribution in [1.82, 2.24) is 15.0 Å². The molecule has 0 saturated carbocycles. The highest BCUT2D eigenvalue weighted by molar-refractivity contribution is 6.74. The molecule has 1 fully saturated rings. The molecule has 9 heteroatoms. The first kappa shape index (κ1) is 27.8. The molecule has 0 atom stereocenters. The van der Waals surface area contributed by atoms with Gasteiger partial charge < -0.3 is 14.1 Å². The highest BCUT2D eigenvalue weighted by atomic mass is 35.5. The first-order chi connectivity index (χ1) is 17.4. The zero-order valence-corrected chi connectivity index (χ0v) is 25.1.